The Morgan fingerprint density at radius 2 is 1.92 bits per heavy atom. The Hall–Kier alpha value is -1.66. The summed E-state index contributed by atoms with van der Waals surface area (Å²) in [5.41, 5.74) is 0.467. The number of nitrogens with one attached hydrogen (secondary N) is 1. The topological polar surface area (TPSA) is 50.8 Å². The van der Waals surface area contributed by atoms with E-state index >= 15 is 0 Å². The van der Waals surface area contributed by atoms with E-state index in [1.54, 1.807) is 24.1 Å². The van der Waals surface area contributed by atoms with Crippen LogP contribution in [0.5, 0.6) is 0 Å². The van der Waals surface area contributed by atoms with Gasteiger partial charge in [-0.2, -0.15) is 0 Å². The molecule has 0 saturated carbocycles. The van der Waals surface area contributed by atoms with Gasteiger partial charge in [-0.3, -0.25) is 0 Å². The van der Waals surface area contributed by atoms with Crippen molar-refractivity contribution in [3.05, 3.63) is 35.6 Å². The fraction of sp³-hybridized carbons (Fsp3) is 0.611. The highest BCUT2D eigenvalue weighted by molar-refractivity contribution is 5.68. The van der Waals surface area contributed by atoms with Crippen LogP contribution < -0.4 is 5.32 Å². The molecule has 3 atom stereocenters. The maximum absolute atomic E-state index is 13.0. The quantitative estimate of drug-likeness (QED) is 0.916. The maximum Gasteiger partial charge on any atom is 0.410 e. The molecule has 0 spiro atoms. The van der Waals surface area contributed by atoms with Gasteiger partial charge in [-0.15, -0.1) is 0 Å². The number of nitrogens with zero attached hydrogens (tertiary/aromatic N) is 1. The lowest BCUT2D eigenvalue weighted by Crippen LogP contribution is -2.41. The van der Waals surface area contributed by atoms with Crippen molar-refractivity contribution in [1.29, 1.82) is 0 Å². The molecule has 1 aliphatic rings. The van der Waals surface area contributed by atoms with Gasteiger partial charge >= 0.3 is 6.09 Å². The zero-order chi connectivity index (χ0) is 17.9. The molecule has 2 unspecified atom stereocenters. The lowest BCUT2D eigenvalue weighted by atomic mass is 10.1. The van der Waals surface area contributed by atoms with Gasteiger partial charge in [0.2, 0.25) is 0 Å². The first kappa shape index (κ1) is 18.7. The second-order valence-electron chi connectivity index (χ2n) is 7.21. The minimum atomic E-state index is -0.521. The van der Waals surface area contributed by atoms with Crippen molar-refractivity contribution in [1.82, 2.24) is 10.2 Å². The SMILES string of the molecule is CO[C@H]1CN(C(=O)OC(C)(C)C)CC1NC(C)c1ccc(F)cc1. The summed E-state index contributed by atoms with van der Waals surface area (Å²) in [6.07, 6.45) is -0.441. The number of amides is 1. The highest BCUT2D eigenvalue weighted by atomic mass is 19.1. The van der Waals surface area contributed by atoms with E-state index < -0.39 is 5.60 Å². The third kappa shape index (κ3) is 4.92. The molecule has 24 heavy (non-hydrogen) atoms. The molecule has 1 heterocycles. The molecule has 134 valence electrons. The normalized spacial score (nSPS) is 22.5. The Kier molecular flexibility index (Phi) is 5.83. The lowest BCUT2D eigenvalue weighted by Gasteiger charge is -2.25. The number of carbonyl (C=O) groups excluding carboxylic acids is 1. The first-order valence-electron chi connectivity index (χ1n) is 8.22. The molecule has 6 heteroatoms. The first-order chi connectivity index (χ1) is 11.2. The van der Waals surface area contributed by atoms with E-state index in [2.05, 4.69) is 5.32 Å². The van der Waals surface area contributed by atoms with Crippen molar-refractivity contribution >= 4 is 6.09 Å². The molecular weight excluding hydrogens is 311 g/mol. The molecular formula is C18H27FN2O3. The molecule has 1 aromatic carbocycles. The van der Waals surface area contributed by atoms with Gasteiger partial charge in [-0.25, -0.2) is 9.18 Å². The zero-order valence-corrected chi connectivity index (χ0v) is 15.0. The zero-order valence-electron chi connectivity index (χ0n) is 15.0. The van der Waals surface area contributed by atoms with Crippen LogP contribution in [0.4, 0.5) is 9.18 Å². The smallest absolute Gasteiger partial charge is 0.410 e. The van der Waals surface area contributed by atoms with Gasteiger partial charge in [-0.1, -0.05) is 12.1 Å². The molecule has 1 aromatic rings. The molecule has 1 saturated heterocycles. The van der Waals surface area contributed by atoms with Crippen molar-refractivity contribution in [2.24, 2.45) is 0 Å². The molecule has 0 radical (unpaired) electrons. The van der Waals surface area contributed by atoms with E-state index in [1.165, 1.54) is 12.1 Å². The minimum absolute atomic E-state index is 0.0115. The number of hydrogen-bond donors (Lipinski definition) is 1. The van der Waals surface area contributed by atoms with Gasteiger partial charge in [0.1, 0.15) is 11.4 Å². The average Bonchev–Trinajstić information content (AvgIpc) is 2.89. The van der Waals surface area contributed by atoms with E-state index in [9.17, 15) is 9.18 Å². The van der Waals surface area contributed by atoms with Gasteiger partial charge in [0, 0.05) is 19.7 Å². The summed E-state index contributed by atoms with van der Waals surface area (Å²) in [5.74, 6) is -0.252. The van der Waals surface area contributed by atoms with Gasteiger partial charge in [0.15, 0.2) is 0 Å². The van der Waals surface area contributed by atoms with Crippen LogP contribution in [-0.2, 0) is 9.47 Å². The van der Waals surface area contributed by atoms with Crippen LogP contribution in [0, 0.1) is 5.82 Å². The van der Waals surface area contributed by atoms with Crippen molar-refractivity contribution < 1.29 is 18.7 Å². The Morgan fingerprint density at radius 3 is 2.46 bits per heavy atom. The Morgan fingerprint density at radius 1 is 1.29 bits per heavy atom. The highest BCUT2D eigenvalue weighted by Crippen LogP contribution is 2.21. The molecule has 1 fully saturated rings. The molecule has 5 nitrogen and oxygen atoms in total. The predicted octanol–water partition coefficient (Wildman–Crippen LogP) is 3.11. The molecule has 1 amide bonds. The van der Waals surface area contributed by atoms with Crippen LogP contribution in [0.2, 0.25) is 0 Å². The Balaban J connectivity index is 1.99. The number of rotatable bonds is 4. The fourth-order valence-electron chi connectivity index (χ4n) is 2.82. The van der Waals surface area contributed by atoms with Gasteiger partial charge in [-0.05, 0) is 45.4 Å². The van der Waals surface area contributed by atoms with Crippen molar-refractivity contribution in [3.8, 4) is 0 Å². The minimum Gasteiger partial charge on any atom is -0.444 e. The summed E-state index contributed by atoms with van der Waals surface area (Å²) in [7, 11) is 1.64. The summed E-state index contributed by atoms with van der Waals surface area (Å²) in [5, 5.41) is 3.47. The molecule has 2 rings (SSSR count). The number of halogens is 1. The third-order valence-electron chi connectivity index (χ3n) is 4.05. The first-order valence-corrected chi connectivity index (χ1v) is 8.22. The second-order valence-corrected chi connectivity index (χ2v) is 7.21. The van der Waals surface area contributed by atoms with Crippen LogP contribution in [0.15, 0.2) is 24.3 Å². The maximum atomic E-state index is 13.0. The van der Waals surface area contributed by atoms with E-state index in [0.717, 1.165) is 5.56 Å². The van der Waals surface area contributed by atoms with E-state index in [0.29, 0.717) is 13.1 Å². The van der Waals surface area contributed by atoms with Crippen molar-refractivity contribution in [2.45, 2.75) is 51.5 Å². The number of benzene rings is 1. The molecule has 0 bridgehead atoms. The summed E-state index contributed by atoms with van der Waals surface area (Å²) in [4.78, 5) is 13.9. The summed E-state index contributed by atoms with van der Waals surface area (Å²) in [6.45, 7) is 8.55. The Bertz CT molecular complexity index is 556. The summed E-state index contributed by atoms with van der Waals surface area (Å²) >= 11 is 0. The number of likely N-dealkylation sites (tertiary alicyclic amines) is 1. The highest BCUT2D eigenvalue weighted by Gasteiger charge is 2.37. The van der Waals surface area contributed by atoms with Gasteiger partial charge in [0.25, 0.3) is 0 Å². The van der Waals surface area contributed by atoms with Gasteiger partial charge < -0.3 is 19.7 Å². The van der Waals surface area contributed by atoms with Crippen LogP contribution in [0.25, 0.3) is 0 Å². The second kappa shape index (κ2) is 7.49. The van der Waals surface area contributed by atoms with Crippen LogP contribution >= 0.6 is 0 Å². The lowest BCUT2D eigenvalue weighted by molar-refractivity contribution is 0.0252. The van der Waals surface area contributed by atoms with Crippen LogP contribution in [0.3, 0.4) is 0 Å². The average molecular weight is 338 g/mol. The van der Waals surface area contributed by atoms with Crippen molar-refractivity contribution in [2.75, 3.05) is 20.2 Å². The molecule has 1 aliphatic heterocycles. The number of ether oxygens (including phenoxy) is 2. The third-order valence-corrected chi connectivity index (χ3v) is 4.05. The molecule has 1 N–H and O–H groups in total. The summed E-state index contributed by atoms with van der Waals surface area (Å²) in [6, 6.07) is 6.42. The molecule has 0 aliphatic carbocycles. The van der Waals surface area contributed by atoms with E-state index in [-0.39, 0.29) is 30.1 Å². The standard InChI is InChI=1S/C18H27FN2O3/c1-12(13-6-8-14(19)9-7-13)20-15-10-21(11-16(15)23-5)17(22)24-18(2,3)4/h6-9,12,15-16,20H,10-11H2,1-5H3/t12?,15?,16-/m0/s1. The number of carbonyl (C=O) groups is 1. The van der Waals surface area contributed by atoms with Crippen LogP contribution in [0.1, 0.15) is 39.3 Å². The fourth-order valence-corrected chi connectivity index (χ4v) is 2.82. The number of methoxy groups -OCH3 is 1. The van der Waals surface area contributed by atoms with Crippen LogP contribution in [-0.4, -0.2) is 48.9 Å². The van der Waals surface area contributed by atoms with E-state index in [4.69, 9.17) is 9.47 Å². The molecule has 0 aromatic heterocycles. The number of hydrogen-bond acceptors (Lipinski definition) is 4. The van der Waals surface area contributed by atoms with Crippen molar-refractivity contribution in [3.63, 3.8) is 0 Å². The monoisotopic (exact) mass is 338 g/mol. The Labute approximate surface area is 143 Å². The van der Waals surface area contributed by atoms with E-state index in [1.807, 2.05) is 27.7 Å². The predicted molar refractivity (Wildman–Crippen MR) is 90.3 cm³/mol. The largest absolute Gasteiger partial charge is 0.444 e. The van der Waals surface area contributed by atoms with Gasteiger partial charge in [0.05, 0.1) is 18.7 Å². The summed E-state index contributed by atoms with van der Waals surface area (Å²) < 4.78 is 24.0.